The topological polar surface area (TPSA) is 123 Å². The van der Waals surface area contributed by atoms with E-state index in [1.54, 1.807) is 17.2 Å². The molecule has 2 amide bonds. The molecule has 0 spiro atoms. The van der Waals surface area contributed by atoms with Gasteiger partial charge in [-0.2, -0.15) is 0 Å². The van der Waals surface area contributed by atoms with E-state index >= 15 is 0 Å². The molecule has 3 rings (SSSR count). The van der Waals surface area contributed by atoms with Gasteiger partial charge in [-0.3, -0.25) is 19.7 Å². The summed E-state index contributed by atoms with van der Waals surface area (Å²) in [6.45, 7) is 2.34. The number of hydrogen-bond acceptors (Lipinski definition) is 7. The van der Waals surface area contributed by atoms with Gasteiger partial charge < -0.3 is 15.5 Å². The van der Waals surface area contributed by atoms with Crippen molar-refractivity contribution in [3.8, 4) is 0 Å². The summed E-state index contributed by atoms with van der Waals surface area (Å²) in [6.07, 6.45) is 1.58. The Hall–Kier alpha value is -2.85. The predicted molar refractivity (Wildman–Crippen MR) is 110 cm³/mol. The number of amides is 2. The standard InChI is InChI=1S/C18H18ClN5O4S/c19-13-2-4-16(21-10-13)22-5-7-23(8-6-22)17(25)11-29-15-3-1-12(18(20)26)9-14(15)24(27)28/h1-4,9-10H,5-8,11H2,(H2,20,26). The van der Waals surface area contributed by atoms with Gasteiger partial charge in [0.2, 0.25) is 11.8 Å². The third kappa shape index (κ3) is 5.15. The number of carbonyl (C=O) groups excluding carboxylic acids is 2. The Bertz CT molecular complexity index is 932. The molecule has 1 fully saturated rings. The number of rotatable bonds is 6. The van der Waals surface area contributed by atoms with Crippen molar-refractivity contribution in [1.29, 1.82) is 0 Å². The number of nitro benzene ring substituents is 1. The molecule has 1 aliphatic rings. The third-order valence-electron chi connectivity index (χ3n) is 4.46. The van der Waals surface area contributed by atoms with E-state index in [-0.39, 0.29) is 22.9 Å². The first-order valence-corrected chi connectivity index (χ1v) is 10.1. The highest BCUT2D eigenvalue weighted by molar-refractivity contribution is 8.00. The second-order valence-electron chi connectivity index (χ2n) is 6.29. The maximum absolute atomic E-state index is 12.5. The quantitative estimate of drug-likeness (QED) is 0.419. The summed E-state index contributed by atoms with van der Waals surface area (Å²) < 4.78 is 0. The first-order chi connectivity index (χ1) is 13.8. The van der Waals surface area contributed by atoms with Crippen molar-refractivity contribution < 1.29 is 14.5 Å². The number of piperazine rings is 1. The number of thioether (sulfide) groups is 1. The fraction of sp³-hybridized carbons (Fsp3) is 0.278. The fourth-order valence-electron chi connectivity index (χ4n) is 2.91. The average Bonchev–Trinajstić information content (AvgIpc) is 2.72. The molecule has 11 heteroatoms. The minimum Gasteiger partial charge on any atom is -0.366 e. The van der Waals surface area contributed by atoms with Crippen molar-refractivity contribution in [2.45, 2.75) is 4.90 Å². The zero-order chi connectivity index (χ0) is 21.0. The van der Waals surface area contributed by atoms with Gasteiger partial charge in [0.05, 0.1) is 20.6 Å². The van der Waals surface area contributed by atoms with E-state index in [4.69, 9.17) is 17.3 Å². The van der Waals surface area contributed by atoms with Crippen LogP contribution in [0.3, 0.4) is 0 Å². The number of carbonyl (C=O) groups is 2. The highest BCUT2D eigenvalue weighted by Gasteiger charge is 2.23. The smallest absolute Gasteiger partial charge is 0.283 e. The van der Waals surface area contributed by atoms with Crippen LogP contribution >= 0.6 is 23.4 Å². The van der Waals surface area contributed by atoms with E-state index in [2.05, 4.69) is 9.88 Å². The van der Waals surface area contributed by atoms with Crippen molar-refractivity contribution in [2.24, 2.45) is 5.73 Å². The van der Waals surface area contributed by atoms with E-state index in [9.17, 15) is 19.7 Å². The zero-order valence-corrected chi connectivity index (χ0v) is 16.9. The molecular weight excluding hydrogens is 418 g/mol. The molecule has 152 valence electrons. The predicted octanol–water partition coefficient (Wildman–Crippen LogP) is 2.18. The van der Waals surface area contributed by atoms with Crippen LogP contribution < -0.4 is 10.6 Å². The number of primary amides is 1. The normalized spacial score (nSPS) is 14.0. The lowest BCUT2D eigenvalue weighted by molar-refractivity contribution is -0.387. The Morgan fingerprint density at radius 1 is 1.21 bits per heavy atom. The summed E-state index contributed by atoms with van der Waals surface area (Å²) in [5.74, 6) is 0.0254. The number of nitrogens with zero attached hydrogens (tertiary/aromatic N) is 4. The molecule has 0 atom stereocenters. The van der Waals surface area contributed by atoms with Crippen LogP contribution in [0.1, 0.15) is 10.4 Å². The van der Waals surface area contributed by atoms with Gasteiger partial charge in [0.25, 0.3) is 5.69 Å². The van der Waals surface area contributed by atoms with Gasteiger partial charge in [-0.25, -0.2) is 4.98 Å². The number of halogens is 1. The number of anilines is 1. The first-order valence-electron chi connectivity index (χ1n) is 8.70. The summed E-state index contributed by atoms with van der Waals surface area (Å²) in [6, 6.07) is 7.60. The lowest BCUT2D eigenvalue weighted by Gasteiger charge is -2.35. The van der Waals surface area contributed by atoms with Gasteiger partial charge in [0, 0.05) is 44.0 Å². The van der Waals surface area contributed by atoms with Gasteiger partial charge in [-0.15, -0.1) is 11.8 Å². The van der Waals surface area contributed by atoms with E-state index in [0.29, 0.717) is 36.1 Å². The van der Waals surface area contributed by atoms with E-state index in [1.807, 2.05) is 6.07 Å². The monoisotopic (exact) mass is 435 g/mol. The molecule has 0 aliphatic carbocycles. The van der Waals surface area contributed by atoms with Gasteiger partial charge in [-0.05, 0) is 24.3 Å². The Morgan fingerprint density at radius 3 is 2.52 bits per heavy atom. The molecule has 1 aliphatic heterocycles. The van der Waals surface area contributed by atoms with Crippen molar-refractivity contribution in [3.05, 3.63) is 57.2 Å². The Kier molecular flexibility index (Phi) is 6.55. The molecule has 0 radical (unpaired) electrons. The molecule has 1 saturated heterocycles. The molecule has 0 saturated carbocycles. The largest absolute Gasteiger partial charge is 0.366 e. The van der Waals surface area contributed by atoms with Gasteiger partial charge in [-0.1, -0.05) is 11.6 Å². The number of nitro groups is 1. The average molecular weight is 436 g/mol. The lowest BCUT2D eigenvalue weighted by atomic mass is 10.2. The fourth-order valence-corrected chi connectivity index (χ4v) is 3.93. The molecule has 1 aromatic heterocycles. The summed E-state index contributed by atoms with van der Waals surface area (Å²) in [7, 11) is 0. The summed E-state index contributed by atoms with van der Waals surface area (Å²) in [5.41, 5.74) is 4.99. The molecule has 0 unspecified atom stereocenters. The minimum absolute atomic E-state index is 0.0549. The molecule has 1 aromatic carbocycles. The van der Waals surface area contributed by atoms with Crippen LogP contribution in [0.15, 0.2) is 41.4 Å². The highest BCUT2D eigenvalue weighted by Crippen LogP contribution is 2.30. The molecule has 9 nitrogen and oxygen atoms in total. The minimum atomic E-state index is -0.742. The molecule has 0 bridgehead atoms. The maximum Gasteiger partial charge on any atom is 0.283 e. The number of benzene rings is 1. The highest BCUT2D eigenvalue weighted by atomic mass is 35.5. The maximum atomic E-state index is 12.5. The van der Waals surface area contributed by atoms with Crippen molar-refractivity contribution in [3.63, 3.8) is 0 Å². The number of aromatic nitrogens is 1. The van der Waals surface area contributed by atoms with Crippen LogP contribution in [-0.4, -0.2) is 58.6 Å². The van der Waals surface area contributed by atoms with Crippen molar-refractivity contribution >= 4 is 46.7 Å². The number of pyridine rings is 1. The van der Waals surface area contributed by atoms with Gasteiger partial charge in [0.1, 0.15) is 5.82 Å². The summed E-state index contributed by atoms with van der Waals surface area (Å²) in [4.78, 5) is 42.8. The molecule has 2 heterocycles. The SMILES string of the molecule is NC(=O)c1ccc(SCC(=O)N2CCN(c3ccc(Cl)cn3)CC2)c([N+](=O)[O-])c1. The Balaban J connectivity index is 1.57. The first kappa shape index (κ1) is 20.9. The Morgan fingerprint density at radius 2 is 1.93 bits per heavy atom. The molecule has 2 N–H and O–H groups in total. The molecular formula is C18H18ClN5O4S. The van der Waals surface area contributed by atoms with Crippen LogP contribution in [0, 0.1) is 10.1 Å². The third-order valence-corrected chi connectivity index (χ3v) is 5.73. The van der Waals surface area contributed by atoms with E-state index in [0.717, 1.165) is 23.6 Å². The van der Waals surface area contributed by atoms with Crippen LogP contribution in [0.25, 0.3) is 0 Å². The van der Waals surface area contributed by atoms with E-state index in [1.165, 1.54) is 12.1 Å². The van der Waals surface area contributed by atoms with Crippen molar-refractivity contribution in [2.75, 3.05) is 36.8 Å². The number of nitrogens with two attached hydrogens (primary N) is 1. The van der Waals surface area contributed by atoms with E-state index < -0.39 is 10.8 Å². The van der Waals surface area contributed by atoms with Gasteiger partial charge in [0.15, 0.2) is 0 Å². The summed E-state index contributed by atoms with van der Waals surface area (Å²) in [5, 5.41) is 11.8. The van der Waals surface area contributed by atoms with Crippen LogP contribution in [0.5, 0.6) is 0 Å². The van der Waals surface area contributed by atoms with Crippen LogP contribution in [0.4, 0.5) is 11.5 Å². The lowest BCUT2D eigenvalue weighted by Crippen LogP contribution is -2.49. The van der Waals surface area contributed by atoms with Crippen LogP contribution in [-0.2, 0) is 4.79 Å². The second-order valence-corrected chi connectivity index (χ2v) is 7.75. The zero-order valence-electron chi connectivity index (χ0n) is 15.3. The van der Waals surface area contributed by atoms with Crippen LogP contribution in [0.2, 0.25) is 5.02 Å². The summed E-state index contributed by atoms with van der Waals surface area (Å²) >= 11 is 6.92. The Labute approximate surface area is 176 Å². The number of hydrogen-bond donors (Lipinski definition) is 1. The molecule has 2 aromatic rings. The van der Waals surface area contributed by atoms with Gasteiger partial charge >= 0.3 is 0 Å². The second kappa shape index (κ2) is 9.10. The molecule has 29 heavy (non-hydrogen) atoms. The van der Waals surface area contributed by atoms with Crippen molar-refractivity contribution in [1.82, 2.24) is 9.88 Å².